The molecule has 8 heteroatoms. The number of hydrazone groups is 1. The van der Waals surface area contributed by atoms with Crippen molar-refractivity contribution in [1.82, 2.24) is 4.98 Å². The average molecular weight is 398 g/mol. The predicted molar refractivity (Wildman–Crippen MR) is 97.8 cm³/mol. The van der Waals surface area contributed by atoms with E-state index in [-0.39, 0.29) is 20.9 Å². The Morgan fingerprint density at radius 3 is 2.60 bits per heavy atom. The number of anilines is 1. The van der Waals surface area contributed by atoms with Crippen molar-refractivity contribution in [1.29, 1.82) is 0 Å². The summed E-state index contributed by atoms with van der Waals surface area (Å²) in [6.45, 7) is 0. The zero-order valence-corrected chi connectivity index (χ0v) is 15.3. The van der Waals surface area contributed by atoms with Crippen LogP contribution in [0.3, 0.4) is 0 Å². The third kappa shape index (κ3) is 3.73. The third-order valence-electron chi connectivity index (χ3n) is 3.97. The lowest BCUT2D eigenvalue weighted by Gasteiger charge is -2.14. The van der Waals surface area contributed by atoms with Gasteiger partial charge in [-0.1, -0.05) is 59.1 Å². The third-order valence-corrected chi connectivity index (χ3v) is 5.08. The van der Waals surface area contributed by atoms with Crippen molar-refractivity contribution < 1.29 is 9.90 Å². The van der Waals surface area contributed by atoms with E-state index in [1.807, 2.05) is 18.2 Å². The maximum absolute atomic E-state index is 11.1. The summed E-state index contributed by atoms with van der Waals surface area (Å²) in [6.07, 6.45) is 3.85. The number of aromatic carboxylic acids is 1. The number of pyridine rings is 1. The fourth-order valence-corrected chi connectivity index (χ4v) is 3.41. The molecule has 0 spiro atoms. The van der Waals surface area contributed by atoms with Crippen molar-refractivity contribution in [3.63, 3.8) is 0 Å². The Hall–Kier alpha value is -1.82. The normalized spacial score (nSPS) is 15.6. The van der Waals surface area contributed by atoms with Gasteiger partial charge in [0.05, 0.1) is 22.4 Å². The largest absolute Gasteiger partial charge is 0.543 e. The molecule has 0 amide bonds. The van der Waals surface area contributed by atoms with E-state index in [9.17, 15) is 9.90 Å². The smallest absolute Gasteiger partial charge is 0.150 e. The van der Waals surface area contributed by atoms with E-state index in [1.54, 1.807) is 0 Å². The Morgan fingerprint density at radius 1 is 1.12 bits per heavy atom. The fraction of sp³-hybridized carbons (Fsp3) is 0.235. The SMILES string of the molecule is O=C([O-])c1nc(Cl)c(Cl)c(N/N=C2\CCCCc3ccccc32)c1Cl. The number of carbonyl (C=O) groups excluding carboxylic acids is 1. The molecule has 1 aromatic carbocycles. The number of aryl methyl sites for hydroxylation is 1. The summed E-state index contributed by atoms with van der Waals surface area (Å²) < 4.78 is 0. The number of nitrogens with one attached hydrogen (secondary N) is 1. The average Bonchev–Trinajstić information content (AvgIpc) is 2.80. The fourth-order valence-electron chi connectivity index (χ4n) is 2.75. The van der Waals surface area contributed by atoms with Gasteiger partial charge in [-0.3, -0.25) is 5.43 Å². The number of carboxylic acids is 1. The highest BCUT2D eigenvalue weighted by Gasteiger charge is 2.18. The lowest BCUT2D eigenvalue weighted by molar-refractivity contribution is -0.255. The molecule has 2 aromatic rings. The van der Waals surface area contributed by atoms with Gasteiger partial charge in [-0.05, 0) is 31.2 Å². The molecule has 1 aliphatic carbocycles. The summed E-state index contributed by atoms with van der Waals surface area (Å²) in [5, 5.41) is 15.2. The van der Waals surface area contributed by atoms with Crippen molar-refractivity contribution in [2.75, 3.05) is 5.43 Å². The minimum atomic E-state index is -1.54. The first-order chi connectivity index (χ1) is 12.0. The van der Waals surface area contributed by atoms with Crippen LogP contribution in [-0.4, -0.2) is 16.7 Å². The summed E-state index contributed by atoms with van der Waals surface area (Å²) in [5.74, 6) is -1.54. The number of aromatic nitrogens is 1. The Labute approximate surface area is 159 Å². The Morgan fingerprint density at radius 2 is 1.84 bits per heavy atom. The number of halogens is 3. The van der Waals surface area contributed by atoms with Crippen molar-refractivity contribution in [2.24, 2.45) is 5.10 Å². The standard InChI is InChI=1S/C17H14Cl3N3O2/c18-12-14(13(19)16(20)21-15(12)17(24)25)23-22-11-8-4-2-6-9-5-1-3-7-10(9)11/h1,3,5,7H,2,4,6,8H2,(H,21,23)(H,24,25)/p-1/b22-11+. The molecule has 1 heterocycles. The molecule has 5 nitrogen and oxygen atoms in total. The maximum atomic E-state index is 11.1. The van der Waals surface area contributed by atoms with E-state index >= 15 is 0 Å². The minimum absolute atomic E-state index is 0.00271. The topological polar surface area (TPSA) is 77.4 Å². The van der Waals surface area contributed by atoms with Gasteiger partial charge in [0.15, 0.2) is 5.15 Å². The first-order valence-corrected chi connectivity index (χ1v) is 8.79. The second kappa shape index (κ2) is 7.60. The number of nitrogens with zero attached hydrogens (tertiary/aromatic N) is 2. The molecule has 0 fully saturated rings. The van der Waals surface area contributed by atoms with Crippen LogP contribution in [0, 0.1) is 0 Å². The van der Waals surface area contributed by atoms with Gasteiger partial charge in [0.1, 0.15) is 10.7 Å². The molecular weight excluding hydrogens is 385 g/mol. The van der Waals surface area contributed by atoms with Crippen LogP contribution in [0.5, 0.6) is 0 Å². The van der Waals surface area contributed by atoms with Crippen LogP contribution in [0.2, 0.25) is 15.2 Å². The van der Waals surface area contributed by atoms with Gasteiger partial charge in [-0.2, -0.15) is 5.10 Å². The van der Waals surface area contributed by atoms with Crippen LogP contribution in [0.15, 0.2) is 29.4 Å². The first kappa shape index (κ1) is 18.0. The van der Waals surface area contributed by atoms with Crippen LogP contribution in [0.1, 0.15) is 40.9 Å². The van der Waals surface area contributed by atoms with E-state index in [2.05, 4.69) is 21.6 Å². The van der Waals surface area contributed by atoms with E-state index in [0.29, 0.717) is 0 Å². The van der Waals surface area contributed by atoms with Gasteiger partial charge >= 0.3 is 0 Å². The Bertz CT molecular complexity index is 868. The van der Waals surface area contributed by atoms with E-state index in [4.69, 9.17) is 34.8 Å². The zero-order valence-electron chi connectivity index (χ0n) is 13.0. The monoisotopic (exact) mass is 396 g/mol. The first-order valence-electron chi connectivity index (χ1n) is 7.65. The highest BCUT2D eigenvalue weighted by atomic mass is 35.5. The molecule has 0 unspecified atom stereocenters. The molecule has 0 atom stereocenters. The lowest BCUT2D eigenvalue weighted by atomic mass is 10.0. The molecular formula is C17H13Cl3N3O2-. The Kier molecular flexibility index (Phi) is 5.47. The second-order valence-corrected chi connectivity index (χ2v) is 6.69. The number of carboxylic acid groups (broad SMARTS) is 1. The molecule has 0 radical (unpaired) electrons. The van der Waals surface area contributed by atoms with Crippen molar-refractivity contribution >= 4 is 52.2 Å². The van der Waals surface area contributed by atoms with Gasteiger partial charge in [-0.15, -0.1) is 0 Å². The van der Waals surface area contributed by atoms with Crippen LogP contribution in [-0.2, 0) is 6.42 Å². The van der Waals surface area contributed by atoms with Gasteiger partial charge in [0, 0.05) is 5.56 Å². The number of hydrogen-bond acceptors (Lipinski definition) is 5. The number of fused-ring (bicyclic) bond motifs is 1. The van der Waals surface area contributed by atoms with Crippen LogP contribution < -0.4 is 10.5 Å². The molecule has 0 aliphatic heterocycles. The number of benzene rings is 1. The number of hydrogen-bond donors (Lipinski definition) is 1. The molecule has 130 valence electrons. The summed E-state index contributed by atoms with van der Waals surface area (Å²) in [4.78, 5) is 14.8. The highest BCUT2D eigenvalue weighted by molar-refractivity contribution is 6.46. The lowest BCUT2D eigenvalue weighted by Crippen LogP contribution is -2.24. The van der Waals surface area contributed by atoms with E-state index < -0.39 is 11.7 Å². The van der Waals surface area contributed by atoms with Gasteiger partial charge in [-0.25, -0.2) is 4.98 Å². The Balaban J connectivity index is 2.01. The van der Waals surface area contributed by atoms with E-state index in [1.165, 1.54) is 5.56 Å². The van der Waals surface area contributed by atoms with E-state index in [0.717, 1.165) is 37.0 Å². The minimum Gasteiger partial charge on any atom is -0.543 e. The van der Waals surface area contributed by atoms with Gasteiger partial charge in [0.25, 0.3) is 0 Å². The molecule has 1 aromatic heterocycles. The van der Waals surface area contributed by atoms with Gasteiger partial charge in [0.2, 0.25) is 0 Å². The summed E-state index contributed by atoms with van der Waals surface area (Å²) in [5.41, 5.74) is 5.50. The highest BCUT2D eigenvalue weighted by Crippen LogP contribution is 2.37. The molecule has 1 N–H and O–H groups in total. The van der Waals surface area contributed by atoms with Crippen molar-refractivity contribution in [2.45, 2.75) is 25.7 Å². The molecule has 0 saturated carbocycles. The summed E-state index contributed by atoms with van der Waals surface area (Å²) in [7, 11) is 0. The molecule has 25 heavy (non-hydrogen) atoms. The number of rotatable bonds is 3. The molecule has 3 rings (SSSR count). The van der Waals surface area contributed by atoms with Crippen LogP contribution in [0.25, 0.3) is 0 Å². The maximum Gasteiger partial charge on any atom is 0.150 e. The van der Waals surface area contributed by atoms with Crippen molar-refractivity contribution in [3.8, 4) is 0 Å². The predicted octanol–water partition coefficient (Wildman–Crippen LogP) is 3.95. The van der Waals surface area contributed by atoms with Crippen molar-refractivity contribution in [3.05, 3.63) is 56.3 Å². The summed E-state index contributed by atoms with van der Waals surface area (Å²) in [6, 6.07) is 8.04. The zero-order chi connectivity index (χ0) is 18.0. The van der Waals surface area contributed by atoms with Crippen LogP contribution >= 0.6 is 34.8 Å². The number of carbonyl (C=O) groups is 1. The van der Waals surface area contributed by atoms with Crippen LogP contribution in [0.4, 0.5) is 5.69 Å². The quantitative estimate of drug-likeness (QED) is 0.483. The molecule has 0 saturated heterocycles. The molecule has 1 aliphatic rings. The molecule has 0 bridgehead atoms. The summed E-state index contributed by atoms with van der Waals surface area (Å²) >= 11 is 18.1. The second-order valence-electron chi connectivity index (χ2n) is 5.58. The van der Waals surface area contributed by atoms with Gasteiger partial charge < -0.3 is 9.90 Å².